The van der Waals surface area contributed by atoms with E-state index in [4.69, 9.17) is 0 Å². The average molecular weight is 967 g/mol. The van der Waals surface area contributed by atoms with Crippen molar-refractivity contribution in [3.05, 3.63) is 348 Å². The van der Waals surface area contributed by atoms with Crippen molar-refractivity contribution in [1.29, 1.82) is 0 Å². The van der Waals surface area contributed by atoms with E-state index in [1.54, 1.807) is 0 Å². The summed E-state index contributed by atoms with van der Waals surface area (Å²) < 4.78 is 2.51. The molecule has 1 aromatic heterocycles. The van der Waals surface area contributed by atoms with Crippen LogP contribution in [0.1, 0.15) is 44.5 Å². The summed E-state index contributed by atoms with van der Waals surface area (Å²) in [6.07, 6.45) is 0. The summed E-state index contributed by atoms with van der Waals surface area (Å²) in [4.78, 5) is 2.57. The first-order chi connectivity index (χ1) is 37.7. The van der Waals surface area contributed by atoms with Gasteiger partial charge >= 0.3 is 0 Å². The van der Waals surface area contributed by atoms with E-state index in [0.717, 1.165) is 17.1 Å². The van der Waals surface area contributed by atoms with E-state index in [-0.39, 0.29) is 0 Å². The molecular formula is C74H50N2. The molecular weight excluding hydrogens is 917 g/mol. The van der Waals surface area contributed by atoms with Gasteiger partial charge in [-0.3, -0.25) is 0 Å². The quantitative estimate of drug-likeness (QED) is 0.147. The van der Waals surface area contributed by atoms with Crippen molar-refractivity contribution in [2.75, 3.05) is 4.90 Å². The molecule has 2 heteroatoms. The van der Waals surface area contributed by atoms with Gasteiger partial charge in [0.1, 0.15) is 0 Å². The molecule has 0 saturated carbocycles. The summed E-state index contributed by atoms with van der Waals surface area (Å²) in [7, 11) is 0. The second-order valence-electron chi connectivity index (χ2n) is 20.3. The van der Waals surface area contributed by atoms with Gasteiger partial charge in [0.2, 0.25) is 0 Å². The number of aromatic nitrogens is 1. The van der Waals surface area contributed by atoms with Gasteiger partial charge in [-0.2, -0.15) is 0 Å². The van der Waals surface area contributed by atoms with Crippen molar-refractivity contribution >= 4 is 38.9 Å². The highest BCUT2D eigenvalue weighted by Crippen LogP contribution is 2.62. The molecule has 0 spiro atoms. The van der Waals surface area contributed by atoms with Crippen LogP contribution in [-0.4, -0.2) is 4.57 Å². The van der Waals surface area contributed by atoms with Gasteiger partial charge in [0.05, 0.1) is 38.9 Å². The minimum atomic E-state index is -0.707. The Kier molecular flexibility index (Phi) is 10.0. The lowest BCUT2D eigenvalue weighted by atomic mass is 9.61. The van der Waals surface area contributed by atoms with E-state index in [1.807, 2.05) is 0 Å². The van der Waals surface area contributed by atoms with Crippen molar-refractivity contribution < 1.29 is 0 Å². The topological polar surface area (TPSA) is 8.17 Å². The SMILES string of the molecule is c1ccc(-c2ccc3c(c2)C(c2ccccc2)(c2ccccc2)c2cc(-c4ccccc4)ccc2N3c2ccc3c(c2)C(c2ccccc2)(c2ccccc2)c2cccc(-n4c5ccccc5c5ccccc54)c2-3)cc1. The van der Waals surface area contributed by atoms with Gasteiger partial charge in [-0.1, -0.05) is 249 Å². The first kappa shape index (κ1) is 43.8. The van der Waals surface area contributed by atoms with E-state index in [2.05, 4.69) is 313 Å². The lowest BCUT2D eigenvalue weighted by molar-refractivity contribution is 0.731. The monoisotopic (exact) mass is 966 g/mol. The fraction of sp³-hybridized carbons (Fsp3) is 0.0270. The van der Waals surface area contributed by atoms with Crippen molar-refractivity contribution in [3.63, 3.8) is 0 Å². The lowest BCUT2D eigenvalue weighted by Gasteiger charge is -2.47. The highest BCUT2D eigenvalue weighted by atomic mass is 15.2. The fourth-order valence-electron chi connectivity index (χ4n) is 13.4. The van der Waals surface area contributed by atoms with Crippen LogP contribution in [0, 0.1) is 0 Å². The smallest absolute Gasteiger partial charge is 0.0742 e. The molecule has 15 rings (SSSR count). The van der Waals surface area contributed by atoms with Gasteiger partial charge in [0.25, 0.3) is 0 Å². The standard InChI is InChI=1S/C74H50N2/c1-7-24-51(25-8-1)53-42-46-69-65(48-53)74(57-32-15-5-16-33-57,58-34-17-6-18-35-58)66-49-54(52-26-9-2-10-27-52)43-47-70(66)75(69)59-44-45-62-64(50-59)73(55-28-11-3-12-29-55,56-30-13-4-14-31-56)63-38-23-41-71(72(62)63)76-67-39-21-19-36-60(67)61-37-20-22-40-68(61)76/h1-50H. The molecule has 356 valence electrons. The zero-order valence-corrected chi connectivity index (χ0v) is 41.8. The predicted molar refractivity (Wildman–Crippen MR) is 316 cm³/mol. The number of para-hydroxylation sites is 2. The normalized spacial score (nSPS) is 13.7. The molecule has 2 heterocycles. The Balaban J connectivity index is 1.06. The number of hydrogen-bond acceptors (Lipinski definition) is 1. The fourth-order valence-corrected chi connectivity index (χ4v) is 13.4. The lowest BCUT2D eigenvalue weighted by Crippen LogP contribution is -2.38. The number of nitrogens with zero attached hydrogens (tertiary/aromatic N) is 2. The Bertz CT molecular complexity index is 4090. The van der Waals surface area contributed by atoms with Crippen molar-refractivity contribution in [1.82, 2.24) is 4.57 Å². The second kappa shape index (κ2) is 17.4. The Morgan fingerprint density at radius 1 is 0.250 bits per heavy atom. The van der Waals surface area contributed by atoms with E-state index in [9.17, 15) is 0 Å². The van der Waals surface area contributed by atoms with Crippen LogP contribution in [0.5, 0.6) is 0 Å². The third-order valence-electron chi connectivity index (χ3n) is 16.5. The number of fused-ring (bicyclic) bond motifs is 8. The van der Waals surface area contributed by atoms with Crippen molar-refractivity contribution in [2.45, 2.75) is 10.8 Å². The van der Waals surface area contributed by atoms with Crippen LogP contribution in [0.3, 0.4) is 0 Å². The summed E-state index contributed by atoms with van der Waals surface area (Å²) in [5.41, 5.74) is 22.6. The minimum absolute atomic E-state index is 0.675. The highest BCUT2D eigenvalue weighted by molar-refractivity contribution is 6.10. The van der Waals surface area contributed by atoms with Crippen LogP contribution >= 0.6 is 0 Å². The van der Waals surface area contributed by atoms with E-state index in [1.165, 1.54) is 105 Å². The van der Waals surface area contributed by atoms with Gasteiger partial charge in [0, 0.05) is 22.0 Å². The Labute approximate surface area is 443 Å². The Morgan fingerprint density at radius 3 is 1.12 bits per heavy atom. The van der Waals surface area contributed by atoms with Crippen LogP contribution in [0.2, 0.25) is 0 Å². The van der Waals surface area contributed by atoms with E-state index < -0.39 is 10.8 Å². The number of hydrogen-bond donors (Lipinski definition) is 0. The molecule has 0 radical (unpaired) electrons. The molecule has 0 amide bonds. The first-order valence-corrected chi connectivity index (χ1v) is 26.4. The molecule has 0 unspecified atom stereocenters. The molecule has 1 aliphatic carbocycles. The molecule has 0 bridgehead atoms. The molecule has 76 heavy (non-hydrogen) atoms. The molecule has 2 aliphatic rings. The van der Waals surface area contributed by atoms with Gasteiger partial charge in [0.15, 0.2) is 0 Å². The summed E-state index contributed by atoms with van der Waals surface area (Å²) >= 11 is 0. The largest absolute Gasteiger partial charge is 0.310 e. The third-order valence-corrected chi connectivity index (χ3v) is 16.5. The summed E-state index contributed by atoms with van der Waals surface area (Å²) in [5, 5.41) is 2.49. The Hall–Kier alpha value is -9.76. The molecule has 2 nitrogen and oxygen atoms in total. The number of rotatable bonds is 8. The van der Waals surface area contributed by atoms with Gasteiger partial charge < -0.3 is 9.47 Å². The van der Waals surface area contributed by atoms with Crippen molar-refractivity contribution in [2.24, 2.45) is 0 Å². The summed E-state index contributed by atoms with van der Waals surface area (Å²) in [6.45, 7) is 0. The molecule has 0 atom stereocenters. The molecule has 0 fully saturated rings. The number of benzene rings is 12. The third kappa shape index (κ3) is 6.34. The van der Waals surface area contributed by atoms with Crippen LogP contribution in [0.25, 0.3) is 60.9 Å². The first-order valence-electron chi connectivity index (χ1n) is 26.4. The number of anilines is 3. The van der Waals surface area contributed by atoms with Crippen LogP contribution in [-0.2, 0) is 10.8 Å². The predicted octanol–water partition coefficient (Wildman–Crippen LogP) is 18.6. The van der Waals surface area contributed by atoms with E-state index >= 15 is 0 Å². The van der Waals surface area contributed by atoms with Crippen LogP contribution in [0.4, 0.5) is 17.1 Å². The Morgan fingerprint density at radius 2 is 0.658 bits per heavy atom. The second-order valence-corrected chi connectivity index (χ2v) is 20.3. The molecule has 1 aliphatic heterocycles. The maximum Gasteiger partial charge on any atom is 0.0742 e. The van der Waals surface area contributed by atoms with E-state index in [0.29, 0.717) is 0 Å². The molecule has 0 saturated heterocycles. The zero-order chi connectivity index (χ0) is 50.2. The maximum absolute atomic E-state index is 2.57. The summed E-state index contributed by atoms with van der Waals surface area (Å²) in [6, 6.07) is 113. The van der Waals surface area contributed by atoms with Crippen LogP contribution in [0.15, 0.2) is 303 Å². The minimum Gasteiger partial charge on any atom is -0.310 e. The molecule has 0 N–H and O–H groups in total. The van der Waals surface area contributed by atoms with Gasteiger partial charge in [-0.15, -0.1) is 0 Å². The zero-order valence-electron chi connectivity index (χ0n) is 41.8. The van der Waals surface area contributed by atoms with Crippen LogP contribution < -0.4 is 4.90 Å². The maximum atomic E-state index is 2.57. The van der Waals surface area contributed by atoms with Gasteiger partial charge in [-0.25, -0.2) is 0 Å². The summed E-state index contributed by atoms with van der Waals surface area (Å²) in [5.74, 6) is 0. The van der Waals surface area contributed by atoms with Crippen molar-refractivity contribution in [3.8, 4) is 39.1 Å². The highest BCUT2D eigenvalue weighted by Gasteiger charge is 2.50. The molecule has 12 aromatic carbocycles. The average Bonchev–Trinajstić information content (AvgIpc) is 4.08. The molecule has 13 aromatic rings. The van der Waals surface area contributed by atoms with Gasteiger partial charge in [-0.05, 0) is 127 Å².